The van der Waals surface area contributed by atoms with E-state index in [-0.39, 0.29) is 0 Å². The van der Waals surface area contributed by atoms with Gasteiger partial charge in [-0.15, -0.1) is 0 Å². The fraction of sp³-hybridized carbons (Fsp3) is 0. The molecule has 0 N–H and O–H groups in total. The smallest absolute Gasteiger partial charge is 0.235 e. The lowest BCUT2D eigenvalue weighted by atomic mass is 9.97. The van der Waals surface area contributed by atoms with Crippen LogP contribution in [0.3, 0.4) is 0 Å². The van der Waals surface area contributed by atoms with Crippen LogP contribution in [0, 0.1) is 0 Å². The number of aromatic nitrogens is 6. The monoisotopic (exact) mass is 1120 g/mol. The van der Waals surface area contributed by atoms with Crippen LogP contribution in [0.4, 0.5) is 0 Å². The number of benzene rings is 13. The van der Waals surface area contributed by atoms with Gasteiger partial charge in [-0.05, 0) is 149 Å². The van der Waals surface area contributed by atoms with Gasteiger partial charge in [0.1, 0.15) is 0 Å². The van der Waals surface area contributed by atoms with E-state index in [4.69, 9.17) is 9.97 Å². The molecule has 88 heavy (non-hydrogen) atoms. The average Bonchev–Trinajstić information content (AvgIpc) is 2.16. The molecule has 0 unspecified atom stereocenters. The van der Waals surface area contributed by atoms with Crippen molar-refractivity contribution in [3.63, 3.8) is 0 Å². The van der Waals surface area contributed by atoms with Crippen LogP contribution in [0.25, 0.3) is 166 Å². The third-order valence-corrected chi connectivity index (χ3v) is 18.0. The minimum atomic E-state index is 0.599. The number of hydrogen-bond donors (Lipinski definition) is 0. The topological polar surface area (TPSA) is 45.5 Å². The molecule has 0 radical (unpaired) electrons. The summed E-state index contributed by atoms with van der Waals surface area (Å²) in [6.07, 6.45) is 0. The van der Waals surface area contributed by atoms with Crippen LogP contribution in [-0.2, 0) is 0 Å². The average molecular weight is 1120 g/mol. The summed E-state index contributed by atoms with van der Waals surface area (Å²) in [6, 6.07) is 114. The molecular weight excluding hydrogens is 1070 g/mol. The first-order valence-corrected chi connectivity index (χ1v) is 30.0. The van der Waals surface area contributed by atoms with E-state index in [1.165, 1.54) is 65.5 Å². The summed E-state index contributed by atoms with van der Waals surface area (Å²) < 4.78 is 9.42. The maximum absolute atomic E-state index is 5.64. The molecule has 6 heteroatoms. The molecule has 0 aliphatic carbocycles. The second kappa shape index (κ2) is 19.9. The van der Waals surface area contributed by atoms with Crippen molar-refractivity contribution < 1.29 is 0 Å². The zero-order valence-electron chi connectivity index (χ0n) is 47.7. The highest BCUT2D eigenvalue weighted by molar-refractivity contribution is 6.15. The molecular formula is C82H52N6. The van der Waals surface area contributed by atoms with Gasteiger partial charge in [0, 0.05) is 71.3 Å². The fourth-order valence-electron chi connectivity index (χ4n) is 14.0. The summed E-state index contributed by atoms with van der Waals surface area (Å²) in [7, 11) is 0. The minimum Gasteiger partial charge on any atom is -0.309 e. The quantitative estimate of drug-likeness (QED) is 0.145. The Balaban J connectivity index is 0.784. The lowest BCUT2D eigenvalue weighted by Gasteiger charge is -2.15. The number of nitrogens with zero attached hydrogens (tertiary/aromatic N) is 6. The first-order chi connectivity index (χ1) is 43.6. The van der Waals surface area contributed by atoms with Gasteiger partial charge in [0.2, 0.25) is 5.95 Å². The molecule has 0 saturated carbocycles. The van der Waals surface area contributed by atoms with Crippen molar-refractivity contribution in [1.82, 2.24) is 28.2 Å². The van der Waals surface area contributed by atoms with Gasteiger partial charge >= 0.3 is 0 Å². The maximum atomic E-state index is 5.64. The molecule has 0 fully saturated rings. The Kier molecular flexibility index (Phi) is 11.2. The van der Waals surface area contributed by atoms with E-state index >= 15 is 0 Å². The Labute approximate surface area is 507 Å². The summed E-state index contributed by atoms with van der Waals surface area (Å²) in [6.45, 7) is 0. The van der Waals surface area contributed by atoms with Gasteiger partial charge in [-0.3, -0.25) is 4.57 Å². The van der Waals surface area contributed by atoms with E-state index in [9.17, 15) is 0 Å². The van der Waals surface area contributed by atoms with Crippen molar-refractivity contribution in [2.75, 3.05) is 0 Å². The van der Waals surface area contributed by atoms with Crippen molar-refractivity contribution in [1.29, 1.82) is 0 Å². The number of hydrogen-bond acceptors (Lipinski definition) is 2. The summed E-state index contributed by atoms with van der Waals surface area (Å²) in [5.74, 6) is 0.599. The van der Waals surface area contributed by atoms with Crippen molar-refractivity contribution in [2.24, 2.45) is 0 Å². The molecule has 0 amide bonds. The van der Waals surface area contributed by atoms with Crippen molar-refractivity contribution in [3.8, 4) is 78.9 Å². The minimum absolute atomic E-state index is 0.599. The summed E-state index contributed by atoms with van der Waals surface area (Å²) in [4.78, 5) is 11.2. The predicted molar refractivity (Wildman–Crippen MR) is 367 cm³/mol. The number of para-hydroxylation sites is 6. The molecule has 0 spiro atoms. The molecule has 18 rings (SSSR count). The highest BCUT2D eigenvalue weighted by Gasteiger charge is 2.22. The Bertz CT molecular complexity index is 5810. The first kappa shape index (κ1) is 49.6. The summed E-state index contributed by atoms with van der Waals surface area (Å²) in [5, 5.41) is 9.58. The second-order valence-electron chi connectivity index (χ2n) is 22.9. The Morgan fingerprint density at radius 1 is 0.182 bits per heavy atom. The normalized spacial score (nSPS) is 11.9. The van der Waals surface area contributed by atoms with Gasteiger partial charge in [-0.2, -0.15) is 0 Å². The highest BCUT2D eigenvalue weighted by atomic mass is 15.2. The fourth-order valence-corrected chi connectivity index (χ4v) is 14.0. The molecule has 5 heterocycles. The lowest BCUT2D eigenvalue weighted by molar-refractivity contribution is 0.995. The molecule has 18 aromatic rings. The molecule has 0 saturated heterocycles. The van der Waals surface area contributed by atoms with Gasteiger partial charge in [0.25, 0.3) is 0 Å². The Hall–Kier alpha value is -11.9. The third-order valence-electron chi connectivity index (χ3n) is 18.0. The first-order valence-electron chi connectivity index (χ1n) is 30.0. The van der Waals surface area contributed by atoms with Crippen LogP contribution in [0.5, 0.6) is 0 Å². The molecule has 6 nitrogen and oxygen atoms in total. The highest BCUT2D eigenvalue weighted by Crippen LogP contribution is 2.43. The van der Waals surface area contributed by atoms with Gasteiger partial charge in [-0.1, -0.05) is 200 Å². The van der Waals surface area contributed by atoms with Gasteiger partial charge in [-0.25, -0.2) is 9.97 Å². The van der Waals surface area contributed by atoms with E-state index < -0.39 is 0 Å². The largest absolute Gasteiger partial charge is 0.309 e. The van der Waals surface area contributed by atoms with Crippen LogP contribution >= 0.6 is 0 Å². The molecule has 0 aliphatic rings. The number of rotatable bonds is 9. The molecule has 13 aromatic carbocycles. The Morgan fingerprint density at radius 2 is 0.511 bits per heavy atom. The van der Waals surface area contributed by atoms with E-state index in [1.54, 1.807) is 0 Å². The van der Waals surface area contributed by atoms with Crippen LogP contribution in [0.2, 0.25) is 0 Å². The van der Waals surface area contributed by atoms with Gasteiger partial charge < -0.3 is 13.7 Å². The van der Waals surface area contributed by atoms with Gasteiger partial charge in [0.15, 0.2) is 0 Å². The number of fused-ring (bicyclic) bond motifs is 12. The zero-order chi connectivity index (χ0) is 57.8. The summed E-state index contributed by atoms with van der Waals surface area (Å²) >= 11 is 0. The lowest BCUT2D eigenvalue weighted by Crippen LogP contribution is -2.04. The van der Waals surface area contributed by atoms with E-state index in [2.05, 4.69) is 334 Å². The van der Waals surface area contributed by atoms with E-state index in [0.29, 0.717) is 5.95 Å². The molecule has 410 valence electrons. The van der Waals surface area contributed by atoms with E-state index in [1.807, 2.05) is 0 Å². The van der Waals surface area contributed by atoms with Crippen molar-refractivity contribution >= 4 is 87.2 Å². The molecule has 0 atom stereocenters. The predicted octanol–water partition coefficient (Wildman–Crippen LogP) is 21.2. The maximum Gasteiger partial charge on any atom is 0.235 e. The van der Waals surface area contributed by atoms with Crippen LogP contribution in [0.1, 0.15) is 0 Å². The zero-order valence-corrected chi connectivity index (χ0v) is 47.7. The van der Waals surface area contributed by atoms with Crippen LogP contribution < -0.4 is 0 Å². The van der Waals surface area contributed by atoms with Gasteiger partial charge in [0.05, 0.1) is 55.5 Å². The van der Waals surface area contributed by atoms with Crippen molar-refractivity contribution in [3.05, 3.63) is 315 Å². The SMILES string of the molecule is c1ccc(-c2ccccc2-c2cc(-c3cccc(-n4c5ccccc5c5cc(-c6ccc7c(c6)c6ccccc6n7-c6ccccc6)ccc54)c3)nc(-n3c4ccccc4c4cc(-c5ccc6c(c5)c5ccccc5n6-c5ccccc5)ccc43)n2)cc1. The molecule has 0 bridgehead atoms. The summed E-state index contributed by atoms with van der Waals surface area (Å²) in [5.41, 5.74) is 23.0. The van der Waals surface area contributed by atoms with Crippen LogP contribution in [-0.4, -0.2) is 28.2 Å². The standard InChI is InChI=1S/C82H52N6/c1-4-21-53(22-5-1)62-29-10-11-30-63(62)73-52-72(83-82(84-73)88-77-38-19-15-34-67(77)71-51-57(42-46-81(71)88)55-40-44-79-69(49-55)65-32-13-17-36-75(65)86(79)60-26-8-3-9-27-60)58-23-20-28-61(47-58)87-76-37-18-14-33-66(76)70-50-56(41-45-80(70)87)54-39-43-78-68(48-54)64-31-12-16-35-74(64)85(78)59-24-6-2-7-25-59/h1-52H. The third kappa shape index (κ3) is 7.82. The molecule has 5 aromatic heterocycles. The Morgan fingerprint density at radius 3 is 0.977 bits per heavy atom. The van der Waals surface area contributed by atoms with Crippen molar-refractivity contribution in [2.45, 2.75) is 0 Å². The second-order valence-corrected chi connectivity index (χ2v) is 22.9. The molecule has 0 aliphatic heterocycles. The van der Waals surface area contributed by atoms with E-state index in [0.717, 1.165) is 94.7 Å². The van der Waals surface area contributed by atoms with Crippen LogP contribution in [0.15, 0.2) is 315 Å².